The molecule has 0 aromatic heterocycles. The van der Waals surface area contributed by atoms with Crippen LogP contribution < -0.4 is 0 Å². The second-order valence-corrected chi connectivity index (χ2v) is 6.75. The van der Waals surface area contributed by atoms with E-state index in [0.29, 0.717) is 0 Å². The molecule has 0 aromatic carbocycles. The molecule has 0 radical (unpaired) electrons. The van der Waals surface area contributed by atoms with Gasteiger partial charge in [0.05, 0.1) is 11.8 Å². The number of esters is 1. The smallest absolute Gasteiger partial charge is 0.389 e. The van der Waals surface area contributed by atoms with Gasteiger partial charge in [0.2, 0.25) is 0 Å². The molecule has 148 valence electrons. The number of carboxylic acids is 1. The van der Waals surface area contributed by atoms with Crippen LogP contribution >= 0.6 is 0 Å². The van der Waals surface area contributed by atoms with Crippen molar-refractivity contribution >= 4 is 11.9 Å². The van der Waals surface area contributed by atoms with Crippen molar-refractivity contribution in [2.75, 3.05) is 0 Å². The molecular weight excluding hydrogens is 358 g/mol. The predicted molar refractivity (Wildman–Crippen MR) is 75.7 cm³/mol. The number of rotatable bonds is 8. The van der Waals surface area contributed by atoms with E-state index >= 15 is 0 Å². The van der Waals surface area contributed by atoms with Gasteiger partial charge in [-0.15, -0.1) is 0 Å². The fourth-order valence-corrected chi connectivity index (χ4v) is 2.20. The third-order valence-corrected chi connectivity index (χ3v) is 3.23. The van der Waals surface area contributed by atoms with Crippen molar-refractivity contribution in [3.8, 4) is 0 Å². The molecule has 0 aliphatic carbocycles. The van der Waals surface area contributed by atoms with Crippen LogP contribution in [0.1, 0.15) is 52.9 Å². The molecule has 0 saturated carbocycles. The third-order valence-electron chi connectivity index (χ3n) is 3.23. The summed E-state index contributed by atoms with van der Waals surface area (Å²) in [6.07, 6.45) is -13.9. The first-order valence-corrected chi connectivity index (χ1v) is 7.61. The van der Waals surface area contributed by atoms with Crippen LogP contribution in [0.3, 0.4) is 0 Å². The Morgan fingerprint density at radius 1 is 0.880 bits per heavy atom. The summed E-state index contributed by atoms with van der Waals surface area (Å²) in [5.41, 5.74) is -1.07. The quantitative estimate of drug-likeness (QED) is 0.489. The summed E-state index contributed by atoms with van der Waals surface area (Å²) in [7, 11) is 0. The van der Waals surface area contributed by atoms with Crippen LogP contribution in [0.2, 0.25) is 0 Å². The number of carboxylic acid groups (broad SMARTS) is 1. The molecule has 25 heavy (non-hydrogen) atoms. The van der Waals surface area contributed by atoms with E-state index in [-0.39, 0.29) is 0 Å². The van der Waals surface area contributed by atoms with Crippen molar-refractivity contribution in [3.05, 3.63) is 0 Å². The van der Waals surface area contributed by atoms with E-state index in [4.69, 9.17) is 4.74 Å². The van der Waals surface area contributed by atoms with Crippen LogP contribution in [0.4, 0.5) is 26.3 Å². The molecule has 0 rings (SSSR count). The zero-order valence-electron chi connectivity index (χ0n) is 14.1. The van der Waals surface area contributed by atoms with Gasteiger partial charge in [0.15, 0.2) is 0 Å². The minimum atomic E-state index is -4.63. The zero-order valence-corrected chi connectivity index (χ0v) is 14.1. The van der Waals surface area contributed by atoms with Gasteiger partial charge in [-0.2, -0.15) is 26.3 Å². The summed E-state index contributed by atoms with van der Waals surface area (Å²) in [6, 6.07) is 0. The molecule has 0 unspecified atom stereocenters. The van der Waals surface area contributed by atoms with Crippen molar-refractivity contribution in [3.63, 3.8) is 0 Å². The molecule has 0 aliphatic rings. The number of carbonyl (C=O) groups excluding carboxylic acids is 1. The standard InChI is InChI=1S/C15H22F6O4/c1-13(2,3)25-12(24)10(6-8-15(19,20)21)9(11(22)23)5-4-7-14(16,17)18/h9-10H,4-8H2,1-3H3,(H,22,23)/t9-,10+/m1/s1. The number of carbonyl (C=O) groups is 2. The highest BCUT2D eigenvalue weighted by Crippen LogP contribution is 2.33. The largest absolute Gasteiger partial charge is 0.481 e. The van der Waals surface area contributed by atoms with Gasteiger partial charge in [-0.05, 0) is 40.0 Å². The summed E-state index contributed by atoms with van der Waals surface area (Å²) in [5, 5.41) is 9.18. The summed E-state index contributed by atoms with van der Waals surface area (Å²) in [5.74, 6) is -6.14. The minimum absolute atomic E-state index is 0.573. The molecule has 0 saturated heterocycles. The monoisotopic (exact) mass is 380 g/mol. The molecule has 0 spiro atoms. The molecular formula is C15H22F6O4. The molecule has 1 N–H and O–H groups in total. The van der Waals surface area contributed by atoms with Crippen molar-refractivity contribution in [1.29, 1.82) is 0 Å². The van der Waals surface area contributed by atoms with E-state index in [1.165, 1.54) is 20.8 Å². The van der Waals surface area contributed by atoms with E-state index in [2.05, 4.69) is 0 Å². The SMILES string of the molecule is CC(C)(C)OC(=O)[C@@H](CCC(F)(F)F)[C@@H](CCCC(F)(F)F)C(=O)O. The number of halogens is 6. The first-order chi connectivity index (χ1) is 11.0. The Labute approximate surface area is 141 Å². The number of ether oxygens (including phenoxy) is 1. The first-order valence-electron chi connectivity index (χ1n) is 7.61. The molecule has 10 heteroatoms. The number of alkyl halides is 6. The first kappa shape index (κ1) is 23.5. The third kappa shape index (κ3) is 11.7. The average Bonchev–Trinajstić information content (AvgIpc) is 2.31. The van der Waals surface area contributed by atoms with Gasteiger partial charge in [0.1, 0.15) is 5.60 Å². The van der Waals surface area contributed by atoms with Gasteiger partial charge >= 0.3 is 24.3 Å². The topological polar surface area (TPSA) is 63.6 Å². The summed E-state index contributed by atoms with van der Waals surface area (Å²) < 4.78 is 78.9. The lowest BCUT2D eigenvalue weighted by Gasteiger charge is -2.27. The lowest BCUT2D eigenvalue weighted by atomic mass is 9.84. The molecule has 0 bridgehead atoms. The van der Waals surface area contributed by atoms with E-state index in [9.17, 15) is 41.0 Å². The van der Waals surface area contributed by atoms with Crippen LogP contribution in [-0.2, 0) is 14.3 Å². The van der Waals surface area contributed by atoms with Gasteiger partial charge < -0.3 is 9.84 Å². The van der Waals surface area contributed by atoms with E-state index in [0.717, 1.165) is 0 Å². The number of hydrogen-bond donors (Lipinski definition) is 1. The zero-order chi connectivity index (χ0) is 20.1. The summed E-state index contributed by atoms with van der Waals surface area (Å²) in [6.45, 7) is 4.35. The van der Waals surface area contributed by atoms with Crippen LogP contribution in [0, 0.1) is 11.8 Å². The summed E-state index contributed by atoms with van der Waals surface area (Å²) >= 11 is 0. The molecule has 0 amide bonds. The fourth-order valence-electron chi connectivity index (χ4n) is 2.20. The Kier molecular flexibility index (Phi) is 8.23. The Bertz CT molecular complexity index is 450. The van der Waals surface area contributed by atoms with Gasteiger partial charge in [-0.25, -0.2) is 0 Å². The predicted octanol–water partition coefficient (Wildman–Crippen LogP) is 4.72. The minimum Gasteiger partial charge on any atom is -0.481 e. The maximum atomic E-state index is 12.4. The Hall–Kier alpha value is -1.48. The average molecular weight is 380 g/mol. The van der Waals surface area contributed by atoms with E-state index in [1.54, 1.807) is 0 Å². The lowest BCUT2D eigenvalue weighted by molar-refractivity contribution is -0.171. The molecule has 2 atom stereocenters. The van der Waals surface area contributed by atoms with Crippen molar-refractivity contribution in [2.24, 2.45) is 11.8 Å². The van der Waals surface area contributed by atoms with E-state index in [1.807, 2.05) is 0 Å². The maximum absolute atomic E-state index is 12.4. The second-order valence-electron chi connectivity index (χ2n) is 6.75. The van der Waals surface area contributed by atoms with Gasteiger partial charge in [0, 0.05) is 12.8 Å². The second kappa shape index (κ2) is 8.75. The van der Waals surface area contributed by atoms with E-state index < -0.39 is 73.8 Å². The normalized spacial score (nSPS) is 15.6. The Balaban J connectivity index is 5.25. The van der Waals surface area contributed by atoms with Crippen molar-refractivity contribution in [1.82, 2.24) is 0 Å². The van der Waals surface area contributed by atoms with Crippen molar-refractivity contribution < 1.29 is 45.8 Å². The van der Waals surface area contributed by atoms with Crippen LogP contribution in [0.15, 0.2) is 0 Å². The number of hydrogen-bond acceptors (Lipinski definition) is 3. The highest BCUT2D eigenvalue weighted by molar-refractivity contribution is 5.81. The lowest BCUT2D eigenvalue weighted by Crippen LogP contribution is -2.36. The number of aliphatic carboxylic acids is 1. The van der Waals surface area contributed by atoms with Gasteiger partial charge in [-0.1, -0.05) is 0 Å². The molecule has 4 nitrogen and oxygen atoms in total. The highest BCUT2D eigenvalue weighted by atomic mass is 19.4. The Morgan fingerprint density at radius 3 is 1.72 bits per heavy atom. The fraction of sp³-hybridized carbons (Fsp3) is 0.867. The van der Waals surface area contributed by atoms with Crippen LogP contribution in [0.5, 0.6) is 0 Å². The van der Waals surface area contributed by atoms with Crippen LogP contribution in [0.25, 0.3) is 0 Å². The van der Waals surface area contributed by atoms with Crippen molar-refractivity contribution in [2.45, 2.75) is 70.8 Å². The van der Waals surface area contributed by atoms with Gasteiger partial charge in [-0.3, -0.25) is 9.59 Å². The molecule has 0 aromatic rings. The molecule has 0 fully saturated rings. The molecule has 0 aliphatic heterocycles. The molecule has 0 heterocycles. The summed E-state index contributed by atoms with van der Waals surface area (Å²) in [4.78, 5) is 23.4. The van der Waals surface area contributed by atoms with Crippen LogP contribution in [-0.4, -0.2) is 35.0 Å². The maximum Gasteiger partial charge on any atom is 0.389 e. The highest BCUT2D eigenvalue weighted by Gasteiger charge is 2.40. The Morgan fingerprint density at radius 2 is 1.36 bits per heavy atom. The van der Waals surface area contributed by atoms with Gasteiger partial charge in [0.25, 0.3) is 0 Å².